The van der Waals surface area contributed by atoms with E-state index < -0.39 is 0 Å². The Labute approximate surface area is 190 Å². The lowest BCUT2D eigenvalue weighted by atomic mass is 9.94. The molecule has 2 aliphatic rings. The Hall–Kier alpha value is -3.11. The number of carbonyl (C=O) groups is 1. The van der Waals surface area contributed by atoms with E-state index in [0.717, 1.165) is 61.3 Å². The second kappa shape index (κ2) is 9.17. The van der Waals surface area contributed by atoms with E-state index in [0.29, 0.717) is 6.04 Å². The summed E-state index contributed by atoms with van der Waals surface area (Å²) in [6, 6.07) is 25.4. The monoisotopic (exact) mass is 426 g/mol. The van der Waals surface area contributed by atoms with Crippen LogP contribution >= 0.6 is 0 Å². The molecule has 0 unspecified atom stereocenters. The van der Waals surface area contributed by atoms with Crippen LogP contribution in [0.3, 0.4) is 0 Å². The fourth-order valence-corrected chi connectivity index (χ4v) is 5.14. The third-order valence-corrected chi connectivity index (χ3v) is 6.98. The molecule has 1 aliphatic carbocycles. The quantitative estimate of drug-likeness (QED) is 0.611. The third kappa shape index (κ3) is 4.42. The van der Waals surface area contributed by atoms with E-state index in [2.05, 4.69) is 46.6 Å². The summed E-state index contributed by atoms with van der Waals surface area (Å²) in [5.74, 6) is 1.05. The molecule has 0 radical (unpaired) electrons. The Morgan fingerprint density at radius 2 is 1.53 bits per heavy atom. The SMILES string of the molecule is COc1cccc(-c2cccc(NC(=O)C3CCN(C4Cc5ccccc5C4)CC3)c2)c1. The first-order valence-electron chi connectivity index (χ1n) is 11.6. The van der Waals surface area contributed by atoms with Crippen LogP contribution in [0.5, 0.6) is 5.75 Å². The molecule has 0 aromatic heterocycles. The van der Waals surface area contributed by atoms with Crippen LogP contribution in [0, 0.1) is 5.92 Å². The number of methoxy groups -OCH3 is 1. The van der Waals surface area contributed by atoms with Gasteiger partial charge in [-0.1, -0.05) is 48.5 Å². The van der Waals surface area contributed by atoms with Crippen molar-refractivity contribution in [2.24, 2.45) is 5.92 Å². The summed E-state index contributed by atoms with van der Waals surface area (Å²) in [7, 11) is 1.67. The maximum atomic E-state index is 13.0. The van der Waals surface area contributed by atoms with Crippen molar-refractivity contribution in [2.45, 2.75) is 31.7 Å². The number of hydrogen-bond acceptors (Lipinski definition) is 3. The van der Waals surface area contributed by atoms with Gasteiger partial charge in [-0.2, -0.15) is 0 Å². The summed E-state index contributed by atoms with van der Waals surface area (Å²) in [6.07, 6.45) is 4.14. The van der Waals surface area contributed by atoms with Gasteiger partial charge in [-0.25, -0.2) is 0 Å². The van der Waals surface area contributed by atoms with E-state index in [4.69, 9.17) is 4.74 Å². The summed E-state index contributed by atoms with van der Waals surface area (Å²) in [5, 5.41) is 3.16. The van der Waals surface area contributed by atoms with Crippen LogP contribution < -0.4 is 10.1 Å². The molecule has 3 aromatic carbocycles. The number of piperidine rings is 1. The zero-order valence-electron chi connectivity index (χ0n) is 18.6. The molecule has 0 saturated carbocycles. The lowest BCUT2D eigenvalue weighted by Gasteiger charge is -2.35. The molecule has 0 atom stereocenters. The van der Waals surface area contributed by atoms with Crippen LogP contribution in [0.25, 0.3) is 11.1 Å². The molecule has 4 nitrogen and oxygen atoms in total. The van der Waals surface area contributed by atoms with Crippen LogP contribution in [-0.2, 0) is 17.6 Å². The molecule has 5 rings (SSSR count). The second-order valence-corrected chi connectivity index (χ2v) is 8.94. The predicted octanol–water partition coefficient (Wildman–Crippen LogP) is 5.18. The first-order chi connectivity index (χ1) is 15.7. The smallest absolute Gasteiger partial charge is 0.227 e. The van der Waals surface area contributed by atoms with E-state index in [1.807, 2.05) is 36.4 Å². The van der Waals surface area contributed by atoms with E-state index in [9.17, 15) is 4.79 Å². The zero-order valence-corrected chi connectivity index (χ0v) is 18.6. The number of carbonyl (C=O) groups excluding carboxylic acids is 1. The second-order valence-electron chi connectivity index (χ2n) is 8.94. The molecule has 1 aliphatic heterocycles. The molecule has 164 valence electrons. The standard InChI is InChI=1S/C28H30N2O2/c1-32-27-11-5-9-24(19-27)21-8-4-10-25(16-21)29-28(31)20-12-14-30(15-13-20)26-17-22-6-2-3-7-23(22)18-26/h2-11,16,19-20,26H,12-15,17-18H2,1H3,(H,29,31). The summed E-state index contributed by atoms with van der Waals surface area (Å²) < 4.78 is 5.34. The van der Waals surface area contributed by atoms with E-state index in [1.54, 1.807) is 7.11 Å². The number of nitrogens with zero attached hydrogens (tertiary/aromatic N) is 1. The molecule has 1 fully saturated rings. The number of ether oxygens (including phenoxy) is 1. The Morgan fingerprint density at radius 3 is 2.22 bits per heavy atom. The number of hydrogen-bond donors (Lipinski definition) is 1. The minimum absolute atomic E-state index is 0.0792. The van der Waals surface area contributed by atoms with Crippen LogP contribution in [0.2, 0.25) is 0 Å². The highest BCUT2D eigenvalue weighted by Gasteiger charge is 2.31. The van der Waals surface area contributed by atoms with Gasteiger partial charge >= 0.3 is 0 Å². The Morgan fingerprint density at radius 1 is 0.875 bits per heavy atom. The zero-order chi connectivity index (χ0) is 21.9. The molecule has 1 heterocycles. The highest BCUT2D eigenvalue weighted by Crippen LogP contribution is 2.30. The van der Waals surface area contributed by atoms with Crippen molar-refractivity contribution in [3.8, 4) is 16.9 Å². The van der Waals surface area contributed by atoms with Crippen LogP contribution in [0.4, 0.5) is 5.69 Å². The number of anilines is 1. The molecule has 1 N–H and O–H groups in total. The predicted molar refractivity (Wildman–Crippen MR) is 129 cm³/mol. The first-order valence-corrected chi connectivity index (χ1v) is 11.6. The maximum Gasteiger partial charge on any atom is 0.227 e. The van der Waals surface area contributed by atoms with Crippen molar-refractivity contribution < 1.29 is 9.53 Å². The number of likely N-dealkylation sites (tertiary alicyclic amines) is 1. The van der Waals surface area contributed by atoms with Gasteiger partial charge in [0.1, 0.15) is 5.75 Å². The van der Waals surface area contributed by atoms with Crippen molar-refractivity contribution in [1.29, 1.82) is 0 Å². The lowest BCUT2D eigenvalue weighted by Crippen LogP contribution is -2.44. The Bertz CT molecular complexity index is 1080. The minimum Gasteiger partial charge on any atom is -0.497 e. The number of benzene rings is 3. The van der Waals surface area contributed by atoms with E-state index in [1.165, 1.54) is 11.1 Å². The number of amides is 1. The van der Waals surface area contributed by atoms with E-state index in [-0.39, 0.29) is 11.8 Å². The lowest BCUT2D eigenvalue weighted by molar-refractivity contribution is -0.121. The third-order valence-electron chi connectivity index (χ3n) is 6.98. The van der Waals surface area contributed by atoms with Crippen LogP contribution in [0.1, 0.15) is 24.0 Å². The number of fused-ring (bicyclic) bond motifs is 1. The van der Waals surface area contributed by atoms with Crippen molar-refractivity contribution in [3.63, 3.8) is 0 Å². The number of rotatable bonds is 5. The van der Waals surface area contributed by atoms with Gasteiger partial charge in [0, 0.05) is 17.6 Å². The highest BCUT2D eigenvalue weighted by atomic mass is 16.5. The summed E-state index contributed by atoms with van der Waals surface area (Å²) >= 11 is 0. The van der Waals surface area contributed by atoms with Crippen molar-refractivity contribution in [2.75, 3.05) is 25.5 Å². The molecule has 1 saturated heterocycles. The van der Waals surface area contributed by atoms with Crippen LogP contribution in [0.15, 0.2) is 72.8 Å². The fourth-order valence-electron chi connectivity index (χ4n) is 5.14. The van der Waals surface area contributed by atoms with Gasteiger partial charge in [-0.05, 0) is 85.3 Å². The maximum absolute atomic E-state index is 13.0. The molecule has 1 amide bonds. The first kappa shape index (κ1) is 20.8. The van der Waals surface area contributed by atoms with Gasteiger partial charge in [0.05, 0.1) is 7.11 Å². The van der Waals surface area contributed by atoms with Gasteiger partial charge in [-0.3, -0.25) is 9.69 Å². The average Bonchev–Trinajstić information content (AvgIpc) is 3.29. The molecular formula is C28H30N2O2. The largest absolute Gasteiger partial charge is 0.497 e. The van der Waals surface area contributed by atoms with Gasteiger partial charge in [-0.15, -0.1) is 0 Å². The van der Waals surface area contributed by atoms with Gasteiger partial charge in [0.15, 0.2) is 0 Å². The normalized spacial score (nSPS) is 17.2. The summed E-state index contributed by atoms with van der Waals surface area (Å²) in [6.45, 7) is 2.00. The minimum atomic E-state index is 0.0792. The molecule has 3 aromatic rings. The topological polar surface area (TPSA) is 41.6 Å². The molecular weight excluding hydrogens is 396 g/mol. The number of nitrogens with one attached hydrogen (secondary N) is 1. The summed E-state index contributed by atoms with van der Waals surface area (Å²) in [4.78, 5) is 15.6. The Kier molecular flexibility index (Phi) is 5.95. The molecule has 0 bridgehead atoms. The van der Waals surface area contributed by atoms with Crippen molar-refractivity contribution in [3.05, 3.63) is 83.9 Å². The van der Waals surface area contributed by atoms with Crippen LogP contribution in [-0.4, -0.2) is 37.0 Å². The van der Waals surface area contributed by atoms with E-state index >= 15 is 0 Å². The molecule has 0 spiro atoms. The van der Waals surface area contributed by atoms with Gasteiger partial charge in [0.2, 0.25) is 5.91 Å². The molecule has 32 heavy (non-hydrogen) atoms. The Balaban J connectivity index is 1.18. The fraction of sp³-hybridized carbons (Fsp3) is 0.321. The van der Waals surface area contributed by atoms with Gasteiger partial charge in [0.25, 0.3) is 0 Å². The van der Waals surface area contributed by atoms with Gasteiger partial charge < -0.3 is 10.1 Å². The molecule has 4 heteroatoms. The summed E-state index contributed by atoms with van der Waals surface area (Å²) in [5.41, 5.74) is 5.98. The van der Waals surface area contributed by atoms with Crippen molar-refractivity contribution >= 4 is 11.6 Å². The average molecular weight is 427 g/mol. The highest BCUT2D eigenvalue weighted by molar-refractivity contribution is 5.93. The van der Waals surface area contributed by atoms with Crippen molar-refractivity contribution in [1.82, 2.24) is 4.90 Å².